The van der Waals surface area contributed by atoms with Crippen LogP contribution in [0.1, 0.15) is 6.42 Å². The maximum atomic E-state index is 13.7. The van der Waals surface area contributed by atoms with Gasteiger partial charge in [-0.15, -0.1) is 0 Å². The Hall–Kier alpha value is -1.90. The molecule has 0 aromatic heterocycles. The van der Waals surface area contributed by atoms with Crippen molar-refractivity contribution >= 4 is 33.4 Å². The fourth-order valence-electron chi connectivity index (χ4n) is 2.36. The average Bonchev–Trinajstić information content (AvgIpc) is 2.89. The number of benzene rings is 1. The molecule has 0 aliphatic carbocycles. The molecule has 1 fully saturated rings. The van der Waals surface area contributed by atoms with Gasteiger partial charge in [0.15, 0.2) is 0 Å². The molecule has 0 bridgehead atoms. The van der Waals surface area contributed by atoms with Crippen LogP contribution in [0.15, 0.2) is 16.6 Å². The third-order valence-corrected chi connectivity index (χ3v) is 4.18. The first kappa shape index (κ1) is 15.5. The first-order chi connectivity index (χ1) is 9.81. The lowest BCUT2D eigenvalue weighted by Gasteiger charge is -2.23. The molecule has 1 amide bonds. The number of amides is 1. The summed E-state index contributed by atoms with van der Waals surface area (Å²) in [4.78, 5) is 24.3. The van der Waals surface area contributed by atoms with Gasteiger partial charge in [0.05, 0.1) is 15.4 Å². The molecule has 2 rings (SSSR count). The van der Waals surface area contributed by atoms with Gasteiger partial charge in [-0.1, -0.05) is 0 Å². The molecule has 21 heavy (non-hydrogen) atoms. The summed E-state index contributed by atoms with van der Waals surface area (Å²) in [6, 6.07) is 1.96. The number of rotatable bonds is 3. The Bertz CT molecular complexity index is 598. The van der Waals surface area contributed by atoms with Crippen molar-refractivity contribution in [3.63, 3.8) is 0 Å². The Kier molecular flexibility index (Phi) is 4.31. The monoisotopic (exact) mass is 361 g/mol. The van der Waals surface area contributed by atoms with Crippen LogP contribution in [0.4, 0.5) is 20.6 Å². The zero-order valence-electron chi connectivity index (χ0n) is 11.1. The Labute approximate surface area is 128 Å². The zero-order valence-corrected chi connectivity index (χ0v) is 12.7. The molecule has 1 aliphatic rings. The molecule has 0 radical (unpaired) electrons. The minimum Gasteiger partial charge on any atom is -0.465 e. The standard InChI is InChI=1S/C12H13BrFN3O4/c1-15(12(18)19)7-2-3-16(6-7)10-5-9(14)8(13)4-11(10)17(20)21/h4-5,7H,2-3,6H2,1H3,(H,18,19). The molecule has 7 nitrogen and oxygen atoms in total. The first-order valence-electron chi connectivity index (χ1n) is 6.15. The van der Waals surface area contributed by atoms with Crippen LogP contribution in [0.25, 0.3) is 0 Å². The number of likely N-dealkylation sites (N-methyl/N-ethyl adjacent to an activating group) is 1. The van der Waals surface area contributed by atoms with Crippen molar-refractivity contribution in [1.29, 1.82) is 0 Å². The van der Waals surface area contributed by atoms with Crippen LogP contribution in [-0.2, 0) is 0 Å². The highest BCUT2D eigenvalue weighted by molar-refractivity contribution is 9.10. The van der Waals surface area contributed by atoms with E-state index in [1.165, 1.54) is 11.9 Å². The first-order valence-corrected chi connectivity index (χ1v) is 6.94. The third-order valence-electron chi connectivity index (χ3n) is 3.57. The quantitative estimate of drug-likeness (QED) is 0.660. The van der Waals surface area contributed by atoms with Crippen LogP contribution in [0.5, 0.6) is 0 Å². The molecular formula is C12H13BrFN3O4. The van der Waals surface area contributed by atoms with Crippen molar-refractivity contribution in [2.24, 2.45) is 0 Å². The van der Waals surface area contributed by atoms with Gasteiger partial charge in [0.1, 0.15) is 11.5 Å². The lowest BCUT2D eigenvalue weighted by molar-refractivity contribution is -0.384. The normalized spacial score (nSPS) is 17.9. The van der Waals surface area contributed by atoms with Crippen molar-refractivity contribution in [2.45, 2.75) is 12.5 Å². The molecule has 1 N–H and O–H groups in total. The third kappa shape index (κ3) is 3.07. The second kappa shape index (κ2) is 5.84. The summed E-state index contributed by atoms with van der Waals surface area (Å²) in [6.45, 7) is 0.731. The number of nitrogens with zero attached hydrogens (tertiary/aromatic N) is 3. The summed E-state index contributed by atoms with van der Waals surface area (Å²) in [5.41, 5.74) is -0.0381. The molecule has 1 aliphatic heterocycles. The highest BCUT2D eigenvalue weighted by Crippen LogP contribution is 2.35. The number of halogens is 2. The van der Waals surface area contributed by atoms with E-state index in [-0.39, 0.29) is 21.9 Å². The van der Waals surface area contributed by atoms with E-state index < -0.39 is 16.8 Å². The smallest absolute Gasteiger partial charge is 0.407 e. The Morgan fingerprint density at radius 2 is 2.29 bits per heavy atom. The largest absolute Gasteiger partial charge is 0.465 e. The van der Waals surface area contributed by atoms with Gasteiger partial charge in [-0.25, -0.2) is 9.18 Å². The van der Waals surface area contributed by atoms with Gasteiger partial charge in [-0.3, -0.25) is 10.1 Å². The molecule has 1 unspecified atom stereocenters. The van der Waals surface area contributed by atoms with Gasteiger partial charge in [-0.05, 0) is 22.4 Å². The Morgan fingerprint density at radius 3 is 2.86 bits per heavy atom. The number of carbonyl (C=O) groups is 1. The van der Waals surface area contributed by atoms with E-state index in [2.05, 4.69) is 15.9 Å². The molecule has 9 heteroatoms. The van der Waals surface area contributed by atoms with Crippen LogP contribution in [-0.4, -0.2) is 47.2 Å². The fourth-order valence-corrected chi connectivity index (χ4v) is 2.69. The summed E-state index contributed by atoms with van der Waals surface area (Å²) in [7, 11) is 1.45. The predicted octanol–water partition coefficient (Wildman–Crippen LogP) is 2.68. The van der Waals surface area contributed by atoms with Gasteiger partial charge in [-0.2, -0.15) is 0 Å². The maximum Gasteiger partial charge on any atom is 0.407 e. The number of hydrogen-bond donors (Lipinski definition) is 1. The molecule has 1 aromatic carbocycles. The summed E-state index contributed by atoms with van der Waals surface area (Å²) in [5.74, 6) is -0.592. The van der Waals surface area contributed by atoms with Crippen LogP contribution in [0.3, 0.4) is 0 Å². The van der Waals surface area contributed by atoms with E-state index in [9.17, 15) is 19.3 Å². The second-order valence-corrected chi connectivity index (χ2v) is 5.65. The SMILES string of the molecule is CN(C(=O)O)C1CCN(c2cc(F)c(Br)cc2[N+](=O)[O-])C1. The Balaban J connectivity index is 2.29. The van der Waals surface area contributed by atoms with Gasteiger partial charge in [0.25, 0.3) is 5.69 Å². The fraction of sp³-hybridized carbons (Fsp3) is 0.417. The van der Waals surface area contributed by atoms with E-state index >= 15 is 0 Å². The molecule has 0 spiro atoms. The maximum absolute atomic E-state index is 13.7. The minimum atomic E-state index is -1.06. The molecule has 1 saturated heterocycles. The van der Waals surface area contributed by atoms with Crippen LogP contribution in [0.2, 0.25) is 0 Å². The summed E-state index contributed by atoms with van der Waals surface area (Å²) in [5, 5.41) is 20.1. The molecular weight excluding hydrogens is 349 g/mol. The molecule has 1 heterocycles. The number of anilines is 1. The lowest BCUT2D eigenvalue weighted by Crippen LogP contribution is -2.38. The van der Waals surface area contributed by atoms with E-state index in [4.69, 9.17) is 5.11 Å². The zero-order chi connectivity index (χ0) is 15.7. The molecule has 114 valence electrons. The molecule has 1 atom stereocenters. The second-order valence-electron chi connectivity index (χ2n) is 4.79. The van der Waals surface area contributed by atoms with Crippen molar-refractivity contribution in [3.05, 3.63) is 32.5 Å². The number of nitro benzene ring substituents is 1. The van der Waals surface area contributed by atoms with Crippen LogP contribution < -0.4 is 4.90 Å². The van der Waals surface area contributed by atoms with Gasteiger partial charge in [0.2, 0.25) is 0 Å². The summed E-state index contributed by atoms with van der Waals surface area (Å²) >= 11 is 2.93. The van der Waals surface area contributed by atoms with E-state index in [1.54, 1.807) is 4.90 Å². The summed E-state index contributed by atoms with van der Waals surface area (Å²) < 4.78 is 13.7. The number of nitro groups is 1. The van der Waals surface area contributed by atoms with Crippen molar-refractivity contribution in [3.8, 4) is 0 Å². The highest BCUT2D eigenvalue weighted by Gasteiger charge is 2.32. The van der Waals surface area contributed by atoms with E-state index in [1.807, 2.05) is 0 Å². The van der Waals surface area contributed by atoms with Crippen LogP contribution in [0, 0.1) is 15.9 Å². The topological polar surface area (TPSA) is 86.9 Å². The predicted molar refractivity (Wildman–Crippen MR) is 77.2 cm³/mol. The highest BCUT2D eigenvalue weighted by atomic mass is 79.9. The Morgan fingerprint density at radius 1 is 1.62 bits per heavy atom. The van der Waals surface area contributed by atoms with Gasteiger partial charge in [0, 0.05) is 32.3 Å². The lowest BCUT2D eigenvalue weighted by atomic mass is 10.2. The molecule has 1 aromatic rings. The van der Waals surface area contributed by atoms with Gasteiger partial charge >= 0.3 is 6.09 Å². The minimum absolute atomic E-state index is 0.0244. The van der Waals surface area contributed by atoms with Crippen LogP contribution >= 0.6 is 15.9 Å². The number of carboxylic acid groups (broad SMARTS) is 1. The number of hydrogen-bond acceptors (Lipinski definition) is 4. The molecule has 0 saturated carbocycles. The van der Waals surface area contributed by atoms with E-state index in [0.29, 0.717) is 19.5 Å². The average molecular weight is 362 g/mol. The van der Waals surface area contributed by atoms with Crippen molar-refractivity contribution in [1.82, 2.24) is 4.90 Å². The van der Waals surface area contributed by atoms with Gasteiger partial charge < -0.3 is 14.9 Å². The summed E-state index contributed by atoms with van der Waals surface area (Å²) in [6.07, 6.45) is -0.518. The van der Waals surface area contributed by atoms with Crippen molar-refractivity contribution in [2.75, 3.05) is 25.0 Å². The van der Waals surface area contributed by atoms with E-state index in [0.717, 1.165) is 12.1 Å². The van der Waals surface area contributed by atoms with Crippen molar-refractivity contribution < 1.29 is 19.2 Å².